The van der Waals surface area contributed by atoms with Gasteiger partial charge in [-0.15, -0.1) is 0 Å². The lowest BCUT2D eigenvalue weighted by Crippen LogP contribution is -2.27. The molecular formula is C17H34FNO4. The highest BCUT2D eigenvalue weighted by Crippen LogP contribution is 2.07. The first-order valence-electron chi connectivity index (χ1n) is 8.56. The standard InChI is InChI=1S/C17H34FNO4/c1-14(2)17(20)6-5-16(18)13-23-12-11-22-10-9-21-8-7-19-15(3)4/h14-16,19H,5-13H2,1-4H3. The minimum atomic E-state index is -1.09. The molecule has 0 fully saturated rings. The summed E-state index contributed by atoms with van der Waals surface area (Å²) in [6, 6.07) is 0.467. The van der Waals surface area contributed by atoms with Gasteiger partial charge in [-0.3, -0.25) is 4.79 Å². The smallest absolute Gasteiger partial charge is 0.135 e. The molecule has 0 saturated heterocycles. The molecule has 0 aliphatic heterocycles. The van der Waals surface area contributed by atoms with Gasteiger partial charge >= 0.3 is 0 Å². The van der Waals surface area contributed by atoms with Crippen molar-refractivity contribution in [3.63, 3.8) is 0 Å². The highest BCUT2D eigenvalue weighted by Gasteiger charge is 2.12. The maximum Gasteiger partial charge on any atom is 0.135 e. The number of hydrogen-bond acceptors (Lipinski definition) is 5. The highest BCUT2D eigenvalue weighted by molar-refractivity contribution is 5.80. The lowest BCUT2D eigenvalue weighted by Gasteiger charge is -2.11. The topological polar surface area (TPSA) is 56.8 Å². The van der Waals surface area contributed by atoms with Gasteiger partial charge in [-0.05, 0) is 6.42 Å². The minimum absolute atomic E-state index is 0.0199. The second-order valence-electron chi connectivity index (χ2n) is 6.17. The zero-order valence-electron chi connectivity index (χ0n) is 15.1. The van der Waals surface area contributed by atoms with E-state index in [9.17, 15) is 9.18 Å². The fourth-order valence-corrected chi connectivity index (χ4v) is 1.74. The Kier molecular flexibility index (Phi) is 14.6. The molecule has 1 atom stereocenters. The van der Waals surface area contributed by atoms with Crippen LogP contribution in [0.1, 0.15) is 40.5 Å². The molecule has 1 unspecified atom stereocenters. The molecule has 0 spiro atoms. The number of Topliss-reactive ketones (excluding diaryl/α,β-unsaturated/α-hetero) is 1. The summed E-state index contributed by atoms with van der Waals surface area (Å²) >= 11 is 0. The summed E-state index contributed by atoms with van der Waals surface area (Å²) in [6.07, 6.45) is -0.577. The van der Waals surface area contributed by atoms with Crippen LogP contribution in [0.15, 0.2) is 0 Å². The van der Waals surface area contributed by atoms with Crippen LogP contribution in [-0.2, 0) is 19.0 Å². The Morgan fingerprint density at radius 2 is 1.52 bits per heavy atom. The van der Waals surface area contributed by atoms with Gasteiger partial charge < -0.3 is 19.5 Å². The van der Waals surface area contributed by atoms with E-state index in [0.29, 0.717) is 39.1 Å². The first-order valence-corrected chi connectivity index (χ1v) is 8.56. The predicted octanol–water partition coefficient (Wildman–Crippen LogP) is 2.38. The second-order valence-corrected chi connectivity index (χ2v) is 6.17. The zero-order valence-corrected chi connectivity index (χ0v) is 15.1. The van der Waals surface area contributed by atoms with Crippen LogP contribution in [0.4, 0.5) is 4.39 Å². The summed E-state index contributed by atoms with van der Waals surface area (Å²) in [4.78, 5) is 11.4. The summed E-state index contributed by atoms with van der Waals surface area (Å²) in [5.74, 6) is 0.0690. The highest BCUT2D eigenvalue weighted by atomic mass is 19.1. The monoisotopic (exact) mass is 335 g/mol. The van der Waals surface area contributed by atoms with Crippen molar-refractivity contribution in [2.75, 3.05) is 46.2 Å². The molecule has 0 aliphatic carbocycles. The summed E-state index contributed by atoms with van der Waals surface area (Å²) in [7, 11) is 0. The number of nitrogens with one attached hydrogen (secondary N) is 1. The molecule has 6 heteroatoms. The zero-order chi connectivity index (χ0) is 17.5. The summed E-state index contributed by atoms with van der Waals surface area (Å²) in [5, 5.41) is 3.26. The number of alkyl halides is 1. The molecular weight excluding hydrogens is 301 g/mol. The van der Waals surface area contributed by atoms with Gasteiger partial charge in [-0.2, -0.15) is 0 Å². The first kappa shape index (κ1) is 22.4. The van der Waals surface area contributed by atoms with E-state index in [0.717, 1.165) is 6.54 Å². The molecule has 138 valence electrons. The number of hydrogen-bond donors (Lipinski definition) is 1. The molecule has 23 heavy (non-hydrogen) atoms. The van der Waals surface area contributed by atoms with E-state index in [1.807, 2.05) is 13.8 Å². The number of ketones is 1. The second kappa shape index (κ2) is 15.0. The van der Waals surface area contributed by atoms with Gasteiger partial charge in [0.05, 0.1) is 39.6 Å². The van der Waals surface area contributed by atoms with Crippen LogP contribution in [0.25, 0.3) is 0 Å². The Morgan fingerprint density at radius 1 is 0.957 bits per heavy atom. The van der Waals surface area contributed by atoms with Crippen molar-refractivity contribution in [2.24, 2.45) is 5.92 Å². The molecule has 0 saturated carbocycles. The lowest BCUT2D eigenvalue weighted by molar-refractivity contribution is -0.122. The summed E-state index contributed by atoms with van der Waals surface area (Å²) in [5.41, 5.74) is 0. The first-order chi connectivity index (χ1) is 10.9. The van der Waals surface area contributed by atoms with Crippen LogP contribution in [0.5, 0.6) is 0 Å². The van der Waals surface area contributed by atoms with Crippen LogP contribution in [0.2, 0.25) is 0 Å². The molecule has 1 N–H and O–H groups in total. The van der Waals surface area contributed by atoms with Gasteiger partial charge in [0.2, 0.25) is 0 Å². The van der Waals surface area contributed by atoms with Crippen molar-refractivity contribution in [3.8, 4) is 0 Å². The summed E-state index contributed by atoms with van der Waals surface area (Å²) in [6.45, 7) is 11.2. The van der Waals surface area contributed by atoms with Crippen LogP contribution in [0.3, 0.4) is 0 Å². The maximum atomic E-state index is 13.5. The van der Waals surface area contributed by atoms with Crippen molar-refractivity contribution in [1.29, 1.82) is 0 Å². The Morgan fingerprint density at radius 3 is 2.09 bits per heavy atom. The Bertz CT molecular complexity index is 288. The third kappa shape index (κ3) is 16.1. The fourth-order valence-electron chi connectivity index (χ4n) is 1.74. The van der Waals surface area contributed by atoms with Gasteiger partial charge in [0, 0.05) is 24.9 Å². The molecule has 0 amide bonds. The van der Waals surface area contributed by atoms with E-state index < -0.39 is 6.17 Å². The van der Waals surface area contributed by atoms with Crippen molar-refractivity contribution in [2.45, 2.75) is 52.8 Å². The molecule has 0 radical (unpaired) electrons. The van der Waals surface area contributed by atoms with E-state index in [2.05, 4.69) is 19.2 Å². The average molecular weight is 335 g/mol. The molecule has 5 nitrogen and oxygen atoms in total. The van der Waals surface area contributed by atoms with Crippen LogP contribution in [0, 0.1) is 5.92 Å². The Hall–Kier alpha value is -0.560. The number of carbonyl (C=O) groups is 1. The van der Waals surface area contributed by atoms with Gasteiger partial charge in [-0.25, -0.2) is 4.39 Å². The number of halogens is 1. The van der Waals surface area contributed by atoms with Crippen molar-refractivity contribution < 1.29 is 23.4 Å². The van der Waals surface area contributed by atoms with Crippen molar-refractivity contribution in [3.05, 3.63) is 0 Å². The van der Waals surface area contributed by atoms with E-state index in [-0.39, 0.29) is 31.1 Å². The van der Waals surface area contributed by atoms with Gasteiger partial charge in [0.25, 0.3) is 0 Å². The van der Waals surface area contributed by atoms with E-state index >= 15 is 0 Å². The Labute approximate surface area is 140 Å². The number of ether oxygens (including phenoxy) is 3. The molecule has 0 rings (SSSR count). The van der Waals surface area contributed by atoms with Crippen molar-refractivity contribution in [1.82, 2.24) is 5.32 Å². The molecule has 0 aliphatic rings. The van der Waals surface area contributed by atoms with Gasteiger partial charge in [0.15, 0.2) is 0 Å². The predicted molar refractivity (Wildman–Crippen MR) is 89.6 cm³/mol. The molecule has 0 heterocycles. The van der Waals surface area contributed by atoms with Crippen LogP contribution < -0.4 is 5.32 Å². The quantitative estimate of drug-likeness (QED) is 0.439. The molecule has 0 aromatic heterocycles. The van der Waals surface area contributed by atoms with E-state index in [1.54, 1.807) is 0 Å². The normalized spacial score (nSPS) is 13.0. The number of carbonyl (C=O) groups excluding carboxylic acids is 1. The average Bonchev–Trinajstić information content (AvgIpc) is 2.49. The third-order valence-corrected chi connectivity index (χ3v) is 3.19. The van der Waals surface area contributed by atoms with E-state index in [1.165, 1.54) is 0 Å². The molecule has 0 aromatic rings. The van der Waals surface area contributed by atoms with Crippen LogP contribution >= 0.6 is 0 Å². The van der Waals surface area contributed by atoms with E-state index in [4.69, 9.17) is 14.2 Å². The SMILES string of the molecule is CC(C)NCCOCCOCCOCC(F)CCC(=O)C(C)C. The number of rotatable bonds is 16. The third-order valence-electron chi connectivity index (χ3n) is 3.19. The largest absolute Gasteiger partial charge is 0.378 e. The van der Waals surface area contributed by atoms with Crippen LogP contribution in [-0.4, -0.2) is 64.2 Å². The Balaban J connectivity index is 3.25. The van der Waals surface area contributed by atoms with Gasteiger partial charge in [-0.1, -0.05) is 27.7 Å². The maximum absolute atomic E-state index is 13.5. The minimum Gasteiger partial charge on any atom is -0.378 e. The molecule has 0 bridgehead atoms. The molecule has 0 aromatic carbocycles. The lowest BCUT2D eigenvalue weighted by atomic mass is 10.0. The van der Waals surface area contributed by atoms with Crippen molar-refractivity contribution >= 4 is 5.78 Å². The fraction of sp³-hybridized carbons (Fsp3) is 0.941. The van der Waals surface area contributed by atoms with Gasteiger partial charge in [0.1, 0.15) is 12.0 Å². The summed E-state index contributed by atoms with van der Waals surface area (Å²) < 4.78 is 29.4.